The molecular formula is C32H46N12O6. The fraction of sp³-hybridized carbons (Fsp3) is 0.375. The van der Waals surface area contributed by atoms with Crippen LogP contribution < -0.4 is 49.1 Å². The quantitative estimate of drug-likeness (QED) is 0.0396. The zero-order valence-corrected chi connectivity index (χ0v) is 27.5. The normalized spacial score (nSPS) is 12.2. The van der Waals surface area contributed by atoms with E-state index in [9.17, 15) is 29.1 Å². The van der Waals surface area contributed by atoms with E-state index in [0.717, 1.165) is 0 Å². The van der Waals surface area contributed by atoms with Gasteiger partial charge in [-0.25, -0.2) is 0 Å². The van der Waals surface area contributed by atoms with Crippen LogP contribution >= 0.6 is 0 Å². The number of guanidine groups is 2. The third kappa shape index (κ3) is 15.6. The van der Waals surface area contributed by atoms with Crippen LogP contribution in [0.3, 0.4) is 0 Å². The van der Waals surface area contributed by atoms with Crippen molar-refractivity contribution in [2.24, 2.45) is 17.2 Å². The van der Waals surface area contributed by atoms with E-state index in [1.54, 1.807) is 54.6 Å². The SMILES string of the molecule is N=C(N)NCCCC(NC(=O)Cc1ccccc1)C(=O)N[C@@H](CC(=O)O)C(=O)NC(CCCNC(=N)N)C(=O)NCc1ccc(C(=N)N)cc1. The summed E-state index contributed by atoms with van der Waals surface area (Å²) in [5.41, 5.74) is 18.0. The summed E-state index contributed by atoms with van der Waals surface area (Å²) in [6.07, 6.45) is -0.160. The van der Waals surface area contributed by atoms with Crippen LogP contribution in [-0.2, 0) is 36.9 Å². The van der Waals surface area contributed by atoms with E-state index in [1.165, 1.54) is 0 Å². The predicted octanol–water partition coefficient (Wildman–Crippen LogP) is -1.71. The first-order valence-corrected chi connectivity index (χ1v) is 15.8. The molecule has 18 nitrogen and oxygen atoms in total. The second kappa shape index (κ2) is 20.9. The van der Waals surface area contributed by atoms with Gasteiger partial charge in [0.2, 0.25) is 23.6 Å². The number of rotatable bonds is 21. The summed E-state index contributed by atoms with van der Waals surface area (Å²) in [4.78, 5) is 64.8. The molecule has 2 unspecified atom stereocenters. The van der Waals surface area contributed by atoms with Crippen molar-refractivity contribution < 1.29 is 29.1 Å². The highest BCUT2D eigenvalue weighted by atomic mass is 16.4. The number of nitrogens with two attached hydrogens (primary N) is 3. The van der Waals surface area contributed by atoms with E-state index in [0.29, 0.717) is 16.7 Å². The first kappa shape index (κ1) is 40.0. The van der Waals surface area contributed by atoms with Gasteiger partial charge >= 0.3 is 5.97 Å². The molecule has 0 saturated carbocycles. The Balaban J connectivity index is 2.19. The maximum atomic E-state index is 13.5. The molecule has 16 N–H and O–H groups in total. The molecule has 50 heavy (non-hydrogen) atoms. The van der Waals surface area contributed by atoms with Gasteiger partial charge in [0.05, 0.1) is 12.8 Å². The number of benzene rings is 2. The minimum atomic E-state index is -1.62. The molecular weight excluding hydrogens is 648 g/mol. The summed E-state index contributed by atoms with van der Waals surface area (Å²) in [7, 11) is 0. The molecule has 2 aromatic rings. The summed E-state index contributed by atoms with van der Waals surface area (Å²) < 4.78 is 0. The number of aliphatic carboxylic acids is 1. The van der Waals surface area contributed by atoms with Gasteiger partial charge in [-0.05, 0) is 36.8 Å². The van der Waals surface area contributed by atoms with Crippen molar-refractivity contribution in [3.05, 3.63) is 71.3 Å². The van der Waals surface area contributed by atoms with E-state index in [1.807, 2.05) is 0 Å². The Morgan fingerprint density at radius 3 is 1.68 bits per heavy atom. The lowest BCUT2D eigenvalue weighted by molar-refractivity contribution is -0.141. The molecule has 0 aliphatic heterocycles. The van der Waals surface area contributed by atoms with Crippen molar-refractivity contribution in [3.63, 3.8) is 0 Å². The van der Waals surface area contributed by atoms with Gasteiger partial charge in [0, 0.05) is 25.2 Å². The molecule has 0 radical (unpaired) electrons. The van der Waals surface area contributed by atoms with Gasteiger partial charge in [-0.1, -0.05) is 54.6 Å². The lowest BCUT2D eigenvalue weighted by atomic mass is 10.1. The van der Waals surface area contributed by atoms with Gasteiger partial charge in [-0.2, -0.15) is 0 Å². The van der Waals surface area contributed by atoms with Gasteiger partial charge in [-0.15, -0.1) is 0 Å². The van der Waals surface area contributed by atoms with E-state index in [2.05, 4.69) is 31.9 Å². The number of amides is 4. The van der Waals surface area contributed by atoms with Gasteiger partial charge in [0.1, 0.15) is 24.0 Å². The van der Waals surface area contributed by atoms with Crippen LogP contribution in [0.5, 0.6) is 0 Å². The van der Waals surface area contributed by atoms with Crippen molar-refractivity contribution in [1.29, 1.82) is 16.2 Å². The minimum absolute atomic E-state index is 0.0362. The second-order valence-corrected chi connectivity index (χ2v) is 11.3. The Morgan fingerprint density at radius 1 is 0.640 bits per heavy atom. The number of carboxylic acids is 1. The molecule has 0 aliphatic carbocycles. The molecule has 3 atom stereocenters. The number of amidine groups is 1. The number of hydrogen-bond acceptors (Lipinski definition) is 8. The Bertz CT molecular complexity index is 1500. The number of hydrogen-bond donors (Lipinski definition) is 13. The van der Waals surface area contributed by atoms with Crippen molar-refractivity contribution in [3.8, 4) is 0 Å². The molecule has 18 heteroatoms. The van der Waals surface area contributed by atoms with E-state index < -0.39 is 54.1 Å². The average Bonchev–Trinajstić information content (AvgIpc) is 3.06. The topological polar surface area (TPSA) is 327 Å². The van der Waals surface area contributed by atoms with Crippen molar-refractivity contribution >= 4 is 47.4 Å². The fourth-order valence-electron chi connectivity index (χ4n) is 4.67. The maximum absolute atomic E-state index is 13.5. The van der Waals surface area contributed by atoms with Crippen molar-refractivity contribution in [1.82, 2.24) is 31.9 Å². The lowest BCUT2D eigenvalue weighted by Gasteiger charge is -2.25. The van der Waals surface area contributed by atoms with E-state index in [4.69, 9.17) is 33.4 Å². The smallest absolute Gasteiger partial charge is 0.305 e. The highest BCUT2D eigenvalue weighted by Gasteiger charge is 2.31. The number of carbonyl (C=O) groups excluding carboxylic acids is 4. The lowest BCUT2D eigenvalue weighted by Crippen LogP contribution is -2.57. The molecule has 0 heterocycles. The molecule has 4 amide bonds. The van der Waals surface area contributed by atoms with Gasteiger partial charge in [0.25, 0.3) is 0 Å². The third-order valence-corrected chi connectivity index (χ3v) is 7.21. The monoisotopic (exact) mass is 694 g/mol. The van der Waals surface area contributed by atoms with Crippen LogP contribution in [0, 0.1) is 16.2 Å². The van der Waals surface area contributed by atoms with Gasteiger partial charge in [0.15, 0.2) is 11.9 Å². The van der Waals surface area contributed by atoms with E-state index >= 15 is 0 Å². The molecule has 0 aliphatic rings. The fourth-order valence-corrected chi connectivity index (χ4v) is 4.67. The van der Waals surface area contributed by atoms with Crippen LogP contribution in [0.15, 0.2) is 54.6 Å². The standard InChI is InChI=1S/C32H46N12O6/c33-27(34)21-12-10-20(11-13-21)18-41-28(48)22(8-4-14-39-31(35)36)43-30(50)24(17-26(46)47)44-29(49)23(9-5-15-40-32(37)38)42-25(45)16-19-6-2-1-3-7-19/h1-3,6-7,10-13,22-24H,4-5,8-9,14-18H2,(H3,33,34)(H,41,48)(H,42,45)(H,43,50)(H,44,49)(H,46,47)(H4,35,36,39)(H4,37,38,40)/t22?,23?,24-/m0/s1. The van der Waals surface area contributed by atoms with Crippen molar-refractivity contribution in [2.75, 3.05) is 13.1 Å². The number of nitrogens with one attached hydrogen (secondary N) is 9. The molecule has 0 fully saturated rings. The Morgan fingerprint density at radius 2 is 1.16 bits per heavy atom. The van der Waals surface area contributed by atoms with Crippen molar-refractivity contribution in [2.45, 2.75) is 63.2 Å². The van der Waals surface area contributed by atoms with Gasteiger partial charge < -0.3 is 54.2 Å². The molecule has 2 aromatic carbocycles. The van der Waals surface area contributed by atoms with Crippen LogP contribution in [0.1, 0.15) is 48.8 Å². The predicted molar refractivity (Wildman–Crippen MR) is 186 cm³/mol. The third-order valence-electron chi connectivity index (χ3n) is 7.21. The summed E-state index contributed by atoms with van der Waals surface area (Å²) in [6.45, 7) is 0.482. The average molecular weight is 695 g/mol. The zero-order chi connectivity index (χ0) is 37.1. The molecule has 2 rings (SSSR count). The Labute approximate surface area is 289 Å². The number of carboxylic acid groups (broad SMARTS) is 1. The first-order valence-electron chi connectivity index (χ1n) is 15.8. The summed E-state index contributed by atoms with van der Waals surface area (Å²) in [6, 6.07) is 11.4. The number of carbonyl (C=O) groups is 5. The zero-order valence-electron chi connectivity index (χ0n) is 27.5. The Hall–Kier alpha value is -6.20. The molecule has 270 valence electrons. The van der Waals surface area contributed by atoms with Crippen LogP contribution in [0.25, 0.3) is 0 Å². The largest absolute Gasteiger partial charge is 0.481 e. The van der Waals surface area contributed by atoms with Crippen LogP contribution in [-0.4, -0.2) is 83.7 Å². The van der Waals surface area contributed by atoms with Crippen LogP contribution in [0.2, 0.25) is 0 Å². The number of nitrogen functional groups attached to an aromatic ring is 1. The first-order chi connectivity index (χ1) is 23.7. The maximum Gasteiger partial charge on any atom is 0.305 e. The van der Waals surface area contributed by atoms with Crippen LogP contribution in [0.4, 0.5) is 0 Å². The second-order valence-electron chi connectivity index (χ2n) is 11.3. The molecule has 0 spiro atoms. The summed E-state index contributed by atoms with van der Waals surface area (Å²) >= 11 is 0. The summed E-state index contributed by atoms with van der Waals surface area (Å²) in [5, 5.41) is 47.2. The van der Waals surface area contributed by atoms with Gasteiger partial charge in [-0.3, -0.25) is 40.2 Å². The highest BCUT2D eigenvalue weighted by Crippen LogP contribution is 2.07. The summed E-state index contributed by atoms with van der Waals surface area (Å²) in [5.74, 6) is -4.93. The highest BCUT2D eigenvalue weighted by molar-refractivity contribution is 5.96. The molecule has 0 aromatic heterocycles. The molecule has 0 saturated heterocycles. The Kier molecular flexibility index (Phi) is 16.7. The minimum Gasteiger partial charge on any atom is -0.481 e. The molecule has 0 bridgehead atoms. The van der Waals surface area contributed by atoms with E-state index in [-0.39, 0.29) is 69.5 Å².